The minimum atomic E-state index is -1.10. The van der Waals surface area contributed by atoms with Crippen molar-refractivity contribution in [2.45, 2.75) is 6.04 Å². The van der Waals surface area contributed by atoms with Crippen molar-refractivity contribution >= 4 is 34.9 Å². The molecule has 0 amide bonds. The van der Waals surface area contributed by atoms with Gasteiger partial charge in [0.05, 0.1) is 0 Å². The highest BCUT2D eigenvalue weighted by Gasteiger charge is 2.22. The zero-order valence-corrected chi connectivity index (χ0v) is 11.6. The molecule has 1 unspecified atom stereocenters. The summed E-state index contributed by atoms with van der Waals surface area (Å²) in [7, 11) is 0. The molecule has 0 saturated heterocycles. The number of anilines is 1. The monoisotopic (exact) mass is 313 g/mol. The molecule has 0 radical (unpaired) electrons. The lowest BCUT2D eigenvalue weighted by molar-refractivity contribution is -0.138. The van der Waals surface area contributed by atoms with Crippen molar-refractivity contribution < 1.29 is 14.3 Å². The Balaban J connectivity index is 2.31. The molecule has 2 N–H and O–H groups in total. The number of rotatable bonds is 4. The van der Waals surface area contributed by atoms with Crippen LogP contribution in [0.4, 0.5) is 10.1 Å². The summed E-state index contributed by atoms with van der Waals surface area (Å²) < 4.78 is 12.8. The van der Waals surface area contributed by atoms with Gasteiger partial charge in [-0.25, -0.2) is 9.18 Å². The van der Waals surface area contributed by atoms with Crippen LogP contribution in [-0.2, 0) is 4.79 Å². The van der Waals surface area contributed by atoms with Crippen molar-refractivity contribution in [3.8, 4) is 0 Å². The maximum absolute atomic E-state index is 12.8. The first-order valence-corrected chi connectivity index (χ1v) is 6.43. The van der Waals surface area contributed by atoms with E-state index in [0.29, 0.717) is 16.3 Å². The van der Waals surface area contributed by atoms with Gasteiger partial charge in [0.1, 0.15) is 5.82 Å². The SMILES string of the molecule is O=C(O)C(Nc1ccc(F)cc1)c1ccc(Cl)cc1Cl. The summed E-state index contributed by atoms with van der Waals surface area (Å²) in [5, 5.41) is 12.8. The molecule has 0 spiro atoms. The molecule has 1 atom stereocenters. The Morgan fingerprint density at radius 1 is 1.15 bits per heavy atom. The van der Waals surface area contributed by atoms with E-state index in [-0.39, 0.29) is 5.02 Å². The molecule has 0 aliphatic carbocycles. The van der Waals surface area contributed by atoms with Crippen LogP contribution >= 0.6 is 23.2 Å². The Morgan fingerprint density at radius 3 is 2.35 bits per heavy atom. The largest absolute Gasteiger partial charge is 0.479 e. The molecule has 0 aliphatic heterocycles. The van der Waals surface area contributed by atoms with Gasteiger partial charge in [-0.2, -0.15) is 0 Å². The highest BCUT2D eigenvalue weighted by atomic mass is 35.5. The maximum atomic E-state index is 12.8. The van der Waals surface area contributed by atoms with Crippen LogP contribution in [0.5, 0.6) is 0 Å². The van der Waals surface area contributed by atoms with Gasteiger partial charge in [0, 0.05) is 21.3 Å². The third kappa shape index (κ3) is 3.40. The minimum absolute atomic E-state index is 0.250. The summed E-state index contributed by atoms with van der Waals surface area (Å²) in [6.07, 6.45) is 0. The molecule has 0 bridgehead atoms. The fourth-order valence-corrected chi connectivity index (χ4v) is 2.24. The molecule has 0 saturated carbocycles. The summed E-state index contributed by atoms with van der Waals surface area (Å²) in [6.45, 7) is 0. The van der Waals surface area contributed by atoms with Crippen molar-refractivity contribution in [1.29, 1.82) is 0 Å². The molecule has 0 aliphatic rings. The normalized spacial score (nSPS) is 11.9. The Morgan fingerprint density at radius 2 is 1.80 bits per heavy atom. The van der Waals surface area contributed by atoms with Crippen LogP contribution in [0.2, 0.25) is 10.0 Å². The Labute approximate surface area is 124 Å². The highest BCUT2D eigenvalue weighted by Crippen LogP contribution is 2.29. The molecule has 0 aromatic heterocycles. The predicted octanol–water partition coefficient (Wildman–Crippen LogP) is 4.37. The Hall–Kier alpha value is -1.78. The van der Waals surface area contributed by atoms with Crippen molar-refractivity contribution in [2.24, 2.45) is 0 Å². The smallest absolute Gasteiger partial charge is 0.330 e. The molecular weight excluding hydrogens is 304 g/mol. The number of carboxylic acids is 1. The van der Waals surface area contributed by atoms with Crippen LogP contribution in [-0.4, -0.2) is 11.1 Å². The van der Waals surface area contributed by atoms with Crippen molar-refractivity contribution in [3.05, 3.63) is 63.9 Å². The summed E-state index contributed by atoms with van der Waals surface area (Å²) >= 11 is 11.8. The van der Waals surface area contributed by atoms with E-state index in [4.69, 9.17) is 23.2 Å². The maximum Gasteiger partial charge on any atom is 0.330 e. The standard InChI is InChI=1S/C14H10Cl2FNO2/c15-8-1-6-11(12(16)7-8)13(14(19)20)18-10-4-2-9(17)3-5-10/h1-7,13,18H,(H,19,20). The van der Waals surface area contributed by atoms with Gasteiger partial charge in [0.25, 0.3) is 0 Å². The van der Waals surface area contributed by atoms with Gasteiger partial charge in [-0.1, -0.05) is 29.3 Å². The minimum Gasteiger partial charge on any atom is -0.479 e. The first-order chi connectivity index (χ1) is 9.47. The van der Waals surface area contributed by atoms with Gasteiger partial charge in [-0.15, -0.1) is 0 Å². The lowest BCUT2D eigenvalue weighted by atomic mass is 10.1. The van der Waals surface area contributed by atoms with E-state index in [0.717, 1.165) is 0 Å². The first-order valence-electron chi connectivity index (χ1n) is 5.67. The fourth-order valence-electron chi connectivity index (χ4n) is 1.72. The van der Waals surface area contributed by atoms with Gasteiger partial charge >= 0.3 is 5.97 Å². The zero-order chi connectivity index (χ0) is 14.7. The fraction of sp³-hybridized carbons (Fsp3) is 0.0714. The van der Waals surface area contributed by atoms with Crippen molar-refractivity contribution in [3.63, 3.8) is 0 Å². The van der Waals surface area contributed by atoms with Crippen molar-refractivity contribution in [1.82, 2.24) is 0 Å². The lowest BCUT2D eigenvalue weighted by Gasteiger charge is -2.17. The molecule has 3 nitrogen and oxygen atoms in total. The van der Waals surface area contributed by atoms with Crippen molar-refractivity contribution in [2.75, 3.05) is 5.32 Å². The van der Waals surface area contributed by atoms with E-state index in [1.807, 2.05) is 0 Å². The number of carboxylic acid groups (broad SMARTS) is 1. The van der Waals surface area contributed by atoms with Crippen LogP contribution in [0.3, 0.4) is 0 Å². The number of halogens is 3. The molecule has 2 rings (SSSR count). The second kappa shape index (κ2) is 6.11. The molecule has 2 aromatic carbocycles. The number of aliphatic carboxylic acids is 1. The highest BCUT2D eigenvalue weighted by molar-refractivity contribution is 6.35. The van der Waals surface area contributed by atoms with E-state index < -0.39 is 17.8 Å². The number of hydrogen-bond donors (Lipinski definition) is 2. The Kier molecular flexibility index (Phi) is 4.47. The van der Waals surface area contributed by atoms with Gasteiger partial charge in [-0.3, -0.25) is 0 Å². The van der Waals surface area contributed by atoms with Crippen LogP contribution in [0.1, 0.15) is 11.6 Å². The zero-order valence-electron chi connectivity index (χ0n) is 10.1. The molecule has 20 heavy (non-hydrogen) atoms. The van der Waals surface area contributed by atoms with Crippen LogP contribution in [0, 0.1) is 5.82 Å². The number of nitrogens with one attached hydrogen (secondary N) is 1. The molecule has 6 heteroatoms. The first kappa shape index (κ1) is 14.6. The number of carbonyl (C=O) groups is 1. The third-order valence-corrected chi connectivity index (χ3v) is 3.24. The average Bonchev–Trinajstić information content (AvgIpc) is 2.39. The molecular formula is C14H10Cl2FNO2. The van der Waals surface area contributed by atoms with Gasteiger partial charge in [-0.05, 0) is 36.4 Å². The topological polar surface area (TPSA) is 49.3 Å². The van der Waals surface area contributed by atoms with Gasteiger partial charge in [0.2, 0.25) is 0 Å². The summed E-state index contributed by atoms with van der Waals surface area (Å²) in [5.74, 6) is -1.49. The molecule has 0 fully saturated rings. The third-order valence-electron chi connectivity index (χ3n) is 2.68. The Bertz CT molecular complexity index is 632. The second-order valence-corrected chi connectivity index (χ2v) is 4.93. The summed E-state index contributed by atoms with van der Waals surface area (Å²) in [6, 6.07) is 8.91. The molecule has 2 aromatic rings. The van der Waals surface area contributed by atoms with Gasteiger partial charge < -0.3 is 10.4 Å². The van der Waals surface area contributed by atoms with Gasteiger partial charge in [0.15, 0.2) is 6.04 Å². The van der Waals surface area contributed by atoms with Crippen LogP contribution in [0.25, 0.3) is 0 Å². The number of benzene rings is 2. The lowest BCUT2D eigenvalue weighted by Crippen LogP contribution is -2.20. The second-order valence-electron chi connectivity index (χ2n) is 4.09. The number of hydrogen-bond acceptors (Lipinski definition) is 2. The quantitative estimate of drug-likeness (QED) is 0.881. The molecule has 0 heterocycles. The van der Waals surface area contributed by atoms with E-state index in [9.17, 15) is 14.3 Å². The van der Waals surface area contributed by atoms with Crippen LogP contribution in [0.15, 0.2) is 42.5 Å². The predicted molar refractivity (Wildman–Crippen MR) is 76.9 cm³/mol. The van der Waals surface area contributed by atoms with E-state index in [1.54, 1.807) is 12.1 Å². The average molecular weight is 314 g/mol. The summed E-state index contributed by atoms with van der Waals surface area (Å²) in [4.78, 5) is 11.4. The van der Waals surface area contributed by atoms with E-state index >= 15 is 0 Å². The van der Waals surface area contributed by atoms with E-state index in [2.05, 4.69) is 5.32 Å². The molecule has 104 valence electrons. The van der Waals surface area contributed by atoms with Crippen LogP contribution < -0.4 is 5.32 Å². The summed E-state index contributed by atoms with van der Waals surface area (Å²) in [5.41, 5.74) is 0.859. The van der Waals surface area contributed by atoms with E-state index in [1.165, 1.54) is 30.3 Å².